The summed E-state index contributed by atoms with van der Waals surface area (Å²) in [6, 6.07) is 12.6. The summed E-state index contributed by atoms with van der Waals surface area (Å²) in [5.41, 5.74) is 3.92. The maximum atomic E-state index is 6.32. The van der Waals surface area contributed by atoms with E-state index in [1.165, 1.54) is 17.5 Å². The molecule has 0 spiro atoms. The quantitative estimate of drug-likeness (QED) is 0.852. The van der Waals surface area contributed by atoms with Gasteiger partial charge >= 0.3 is 0 Å². The highest BCUT2D eigenvalue weighted by Crippen LogP contribution is 2.38. The van der Waals surface area contributed by atoms with Gasteiger partial charge in [0.25, 0.3) is 0 Å². The van der Waals surface area contributed by atoms with Crippen molar-refractivity contribution in [2.45, 2.75) is 38.3 Å². The molecule has 1 aliphatic carbocycles. The summed E-state index contributed by atoms with van der Waals surface area (Å²) in [6.07, 6.45) is 3.49. The number of fused-ring (bicyclic) bond motifs is 1. The Hall–Kier alpha value is -1.71. The van der Waals surface area contributed by atoms with E-state index in [-0.39, 0.29) is 5.54 Å². The molecule has 0 amide bonds. The highest BCUT2D eigenvalue weighted by Gasteiger charge is 2.31. The number of nitrogens with one attached hydrogen (secondary N) is 1. The van der Waals surface area contributed by atoms with E-state index in [0.29, 0.717) is 16.5 Å². The molecule has 2 aromatic carbocycles. The van der Waals surface area contributed by atoms with Gasteiger partial charge in [0.05, 0.1) is 19.2 Å². The van der Waals surface area contributed by atoms with Crippen LogP contribution in [0, 0.1) is 0 Å². The normalized spacial score (nSPS) is 19.7. The predicted octanol–water partition coefficient (Wildman–Crippen LogP) is 4.70. The largest absolute Gasteiger partial charge is 0.493 e. The fraction of sp³-hybridized carbons (Fsp3) is 0.400. The molecule has 0 heterocycles. The van der Waals surface area contributed by atoms with Gasteiger partial charge in [0, 0.05) is 12.1 Å². The molecule has 24 heavy (non-hydrogen) atoms. The van der Waals surface area contributed by atoms with Crippen LogP contribution in [-0.2, 0) is 18.5 Å². The van der Waals surface area contributed by atoms with Crippen molar-refractivity contribution in [3.63, 3.8) is 0 Å². The van der Waals surface area contributed by atoms with E-state index in [4.69, 9.17) is 21.1 Å². The molecular weight excluding hydrogens is 322 g/mol. The Morgan fingerprint density at radius 2 is 1.96 bits per heavy atom. The van der Waals surface area contributed by atoms with Gasteiger partial charge in [-0.05, 0) is 55.0 Å². The van der Waals surface area contributed by atoms with Gasteiger partial charge in [0.1, 0.15) is 0 Å². The second-order valence-corrected chi connectivity index (χ2v) is 6.92. The van der Waals surface area contributed by atoms with E-state index < -0.39 is 0 Å². The van der Waals surface area contributed by atoms with Gasteiger partial charge in [-0.1, -0.05) is 35.9 Å². The van der Waals surface area contributed by atoms with Crippen LogP contribution in [0.3, 0.4) is 0 Å². The smallest absolute Gasteiger partial charge is 0.179 e. The van der Waals surface area contributed by atoms with Gasteiger partial charge in [0.15, 0.2) is 11.5 Å². The topological polar surface area (TPSA) is 30.5 Å². The number of hydrogen-bond donors (Lipinski definition) is 1. The monoisotopic (exact) mass is 345 g/mol. The van der Waals surface area contributed by atoms with Crippen LogP contribution in [0.15, 0.2) is 36.4 Å². The highest BCUT2D eigenvalue weighted by molar-refractivity contribution is 6.32. The lowest BCUT2D eigenvalue weighted by Crippen LogP contribution is -2.41. The summed E-state index contributed by atoms with van der Waals surface area (Å²) in [5, 5.41) is 4.30. The van der Waals surface area contributed by atoms with Crippen LogP contribution in [0.1, 0.15) is 36.5 Å². The van der Waals surface area contributed by atoms with E-state index in [0.717, 1.165) is 24.9 Å². The molecule has 4 heteroatoms. The zero-order valence-corrected chi connectivity index (χ0v) is 15.2. The first-order chi connectivity index (χ1) is 11.6. The number of halogens is 1. The van der Waals surface area contributed by atoms with Gasteiger partial charge in [-0.25, -0.2) is 0 Å². The lowest BCUT2D eigenvalue weighted by Gasteiger charge is -2.37. The van der Waals surface area contributed by atoms with Crippen LogP contribution in [0.4, 0.5) is 0 Å². The summed E-state index contributed by atoms with van der Waals surface area (Å²) in [4.78, 5) is 0. The van der Waals surface area contributed by atoms with Crippen molar-refractivity contribution in [2.75, 3.05) is 14.2 Å². The van der Waals surface area contributed by atoms with Crippen LogP contribution in [0.25, 0.3) is 0 Å². The Morgan fingerprint density at radius 1 is 1.17 bits per heavy atom. The number of aryl methyl sites for hydroxylation is 1. The SMILES string of the molecule is COc1cc(CN[C@]2(C)CCCc3ccccc32)cc(Cl)c1OC. The zero-order chi connectivity index (χ0) is 17.2. The zero-order valence-electron chi connectivity index (χ0n) is 14.5. The van der Waals surface area contributed by atoms with E-state index in [1.54, 1.807) is 14.2 Å². The molecule has 1 aliphatic rings. The summed E-state index contributed by atoms with van der Waals surface area (Å²) in [5.74, 6) is 1.24. The summed E-state index contributed by atoms with van der Waals surface area (Å²) >= 11 is 6.32. The van der Waals surface area contributed by atoms with Gasteiger partial charge in [-0.2, -0.15) is 0 Å². The lowest BCUT2D eigenvalue weighted by atomic mass is 9.77. The fourth-order valence-electron chi connectivity index (χ4n) is 3.60. The molecule has 3 nitrogen and oxygen atoms in total. The summed E-state index contributed by atoms with van der Waals surface area (Å²) in [7, 11) is 3.23. The maximum Gasteiger partial charge on any atom is 0.179 e. The molecule has 1 atom stereocenters. The Balaban J connectivity index is 1.83. The maximum absolute atomic E-state index is 6.32. The van der Waals surface area contributed by atoms with E-state index in [1.807, 2.05) is 12.1 Å². The molecule has 0 radical (unpaired) electrons. The van der Waals surface area contributed by atoms with Crippen molar-refractivity contribution in [3.05, 3.63) is 58.1 Å². The van der Waals surface area contributed by atoms with Crippen LogP contribution in [-0.4, -0.2) is 14.2 Å². The molecule has 3 rings (SSSR count). The number of hydrogen-bond acceptors (Lipinski definition) is 3. The first-order valence-corrected chi connectivity index (χ1v) is 8.69. The molecule has 2 aromatic rings. The molecule has 0 saturated carbocycles. The van der Waals surface area contributed by atoms with Gasteiger partial charge < -0.3 is 14.8 Å². The first-order valence-electron chi connectivity index (χ1n) is 8.31. The third kappa shape index (κ3) is 3.24. The molecule has 0 aromatic heterocycles. The first kappa shape index (κ1) is 17.1. The third-order valence-corrected chi connectivity index (χ3v) is 5.19. The van der Waals surface area contributed by atoms with Crippen molar-refractivity contribution < 1.29 is 9.47 Å². The minimum absolute atomic E-state index is 0.0194. The number of benzene rings is 2. The summed E-state index contributed by atoms with van der Waals surface area (Å²) in [6.45, 7) is 3.01. The van der Waals surface area contributed by atoms with Crippen molar-refractivity contribution in [1.29, 1.82) is 0 Å². The molecule has 0 fully saturated rings. The third-order valence-electron chi connectivity index (χ3n) is 4.91. The minimum atomic E-state index is -0.0194. The van der Waals surface area contributed by atoms with E-state index in [2.05, 4.69) is 36.5 Å². The highest BCUT2D eigenvalue weighted by atomic mass is 35.5. The predicted molar refractivity (Wildman–Crippen MR) is 98.1 cm³/mol. The van der Waals surface area contributed by atoms with Crippen molar-refractivity contribution in [2.24, 2.45) is 0 Å². The average Bonchev–Trinajstić information content (AvgIpc) is 2.60. The number of methoxy groups -OCH3 is 2. The molecule has 0 bridgehead atoms. The fourth-order valence-corrected chi connectivity index (χ4v) is 3.91. The molecular formula is C20H24ClNO2. The van der Waals surface area contributed by atoms with Crippen LogP contribution >= 0.6 is 11.6 Å². The molecule has 0 aliphatic heterocycles. The van der Waals surface area contributed by atoms with Crippen molar-refractivity contribution in [1.82, 2.24) is 5.32 Å². The second kappa shape index (κ2) is 7.04. The minimum Gasteiger partial charge on any atom is -0.493 e. The standard InChI is InChI=1S/C20H24ClNO2/c1-20(10-6-8-15-7-4-5-9-16(15)20)22-13-14-11-17(21)19(24-3)18(12-14)23-2/h4-5,7,9,11-12,22H,6,8,10,13H2,1-3H3/t20-/m1/s1. The van der Waals surface area contributed by atoms with E-state index in [9.17, 15) is 0 Å². The number of rotatable bonds is 5. The number of ether oxygens (including phenoxy) is 2. The lowest BCUT2D eigenvalue weighted by molar-refractivity contribution is 0.310. The van der Waals surface area contributed by atoms with Gasteiger partial charge in [0.2, 0.25) is 0 Å². The van der Waals surface area contributed by atoms with Gasteiger partial charge in [-0.15, -0.1) is 0 Å². The molecule has 128 valence electrons. The Kier molecular flexibility index (Phi) is 5.02. The Labute approximate surface area is 148 Å². The second-order valence-electron chi connectivity index (χ2n) is 6.51. The van der Waals surface area contributed by atoms with Crippen LogP contribution < -0.4 is 14.8 Å². The Bertz CT molecular complexity index is 732. The van der Waals surface area contributed by atoms with Crippen LogP contribution in [0.5, 0.6) is 11.5 Å². The van der Waals surface area contributed by atoms with Crippen molar-refractivity contribution in [3.8, 4) is 11.5 Å². The summed E-state index contributed by atoms with van der Waals surface area (Å²) < 4.78 is 10.7. The Morgan fingerprint density at radius 3 is 2.71 bits per heavy atom. The van der Waals surface area contributed by atoms with Gasteiger partial charge in [-0.3, -0.25) is 0 Å². The van der Waals surface area contributed by atoms with Crippen molar-refractivity contribution >= 4 is 11.6 Å². The molecule has 1 N–H and O–H groups in total. The molecule has 0 saturated heterocycles. The average molecular weight is 346 g/mol. The van der Waals surface area contributed by atoms with E-state index >= 15 is 0 Å². The van der Waals surface area contributed by atoms with Crippen LogP contribution in [0.2, 0.25) is 5.02 Å². The molecule has 0 unspecified atom stereocenters.